The van der Waals surface area contributed by atoms with Gasteiger partial charge in [-0.1, -0.05) is 41.9 Å². The first-order valence-electron chi connectivity index (χ1n) is 6.04. The monoisotopic (exact) mass is 293 g/mol. The van der Waals surface area contributed by atoms with Crippen LogP contribution in [0.4, 0.5) is 4.39 Å². The lowest BCUT2D eigenvalue weighted by Gasteiger charge is -2.12. The molecule has 2 N–H and O–H groups in total. The Morgan fingerprint density at radius 1 is 1.25 bits per heavy atom. The fourth-order valence-electron chi connectivity index (χ4n) is 1.72. The van der Waals surface area contributed by atoms with Crippen LogP contribution in [0.1, 0.15) is 22.0 Å². The predicted octanol–water partition coefficient (Wildman–Crippen LogP) is 2.94. The molecule has 1 unspecified atom stereocenters. The first-order chi connectivity index (χ1) is 9.58. The van der Waals surface area contributed by atoms with Gasteiger partial charge in [0.1, 0.15) is 5.82 Å². The number of hydrogen-bond acceptors (Lipinski definition) is 2. The van der Waals surface area contributed by atoms with Crippen LogP contribution in [0, 0.1) is 5.82 Å². The molecule has 0 saturated carbocycles. The van der Waals surface area contributed by atoms with E-state index in [0.717, 1.165) is 6.07 Å². The number of aliphatic hydroxyl groups is 1. The van der Waals surface area contributed by atoms with Crippen LogP contribution in [0.15, 0.2) is 48.5 Å². The maximum absolute atomic E-state index is 13.2. The molecule has 104 valence electrons. The molecule has 0 bridgehead atoms. The molecule has 3 nitrogen and oxygen atoms in total. The summed E-state index contributed by atoms with van der Waals surface area (Å²) < 4.78 is 13.2. The summed E-state index contributed by atoms with van der Waals surface area (Å²) in [6.07, 6.45) is -0.808. The van der Waals surface area contributed by atoms with Crippen molar-refractivity contribution in [2.75, 3.05) is 6.54 Å². The molecule has 0 fully saturated rings. The minimum atomic E-state index is -0.808. The third-order valence-electron chi connectivity index (χ3n) is 2.82. The summed E-state index contributed by atoms with van der Waals surface area (Å²) >= 11 is 5.55. The van der Waals surface area contributed by atoms with Crippen molar-refractivity contribution in [3.63, 3.8) is 0 Å². The van der Waals surface area contributed by atoms with Gasteiger partial charge in [0, 0.05) is 12.1 Å². The lowest BCUT2D eigenvalue weighted by molar-refractivity contribution is 0.0916. The third-order valence-corrected chi connectivity index (χ3v) is 3.13. The molecule has 2 aromatic carbocycles. The Labute approximate surface area is 121 Å². The minimum Gasteiger partial charge on any atom is -0.387 e. The summed E-state index contributed by atoms with van der Waals surface area (Å²) in [6, 6.07) is 12.8. The number of rotatable bonds is 4. The maximum atomic E-state index is 13.2. The molecule has 1 atom stereocenters. The molecule has 2 aromatic rings. The Kier molecular flexibility index (Phi) is 4.71. The second-order valence-corrected chi connectivity index (χ2v) is 4.67. The molecular formula is C15H13ClFNO2. The molecule has 2 rings (SSSR count). The SMILES string of the molecule is O=C(NCC(O)c1ccccc1)c1ccc(Cl)c(F)c1. The van der Waals surface area contributed by atoms with Crippen molar-refractivity contribution in [2.24, 2.45) is 0 Å². The van der Waals surface area contributed by atoms with Gasteiger partial charge in [0.2, 0.25) is 0 Å². The van der Waals surface area contributed by atoms with Crippen LogP contribution in [0.5, 0.6) is 0 Å². The number of nitrogens with one attached hydrogen (secondary N) is 1. The Morgan fingerprint density at radius 2 is 1.95 bits per heavy atom. The van der Waals surface area contributed by atoms with Gasteiger partial charge in [0.15, 0.2) is 0 Å². The van der Waals surface area contributed by atoms with Gasteiger partial charge < -0.3 is 10.4 Å². The van der Waals surface area contributed by atoms with E-state index < -0.39 is 17.8 Å². The molecule has 0 spiro atoms. The van der Waals surface area contributed by atoms with Gasteiger partial charge in [-0.2, -0.15) is 0 Å². The smallest absolute Gasteiger partial charge is 0.251 e. The molecule has 0 aliphatic carbocycles. The van der Waals surface area contributed by atoms with Crippen LogP contribution in [-0.2, 0) is 0 Å². The highest BCUT2D eigenvalue weighted by Gasteiger charge is 2.12. The van der Waals surface area contributed by atoms with Crippen LogP contribution in [-0.4, -0.2) is 17.6 Å². The fraction of sp³-hybridized carbons (Fsp3) is 0.133. The molecule has 0 aromatic heterocycles. The number of carbonyl (C=O) groups excluding carboxylic acids is 1. The average Bonchev–Trinajstić information content (AvgIpc) is 2.48. The van der Waals surface area contributed by atoms with Gasteiger partial charge >= 0.3 is 0 Å². The Bertz CT molecular complexity index is 604. The second-order valence-electron chi connectivity index (χ2n) is 4.27. The summed E-state index contributed by atoms with van der Waals surface area (Å²) in [6.45, 7) is 0.0487. The van der Waals surface area contributed by atoms with Crippen molar-refractivity contribution in [2.45, 2.75) is 6.10 Å². The number of amides is 1. The molecule has 5 heteroatoms. The summed E-state index contributed by atoms with van der Waals surface area (Å²) in [5, 5.41) is 12.4. The number of halogens is 2. The first-order valence-corrected chi connectivity index (χ1v) is 6.42. The van der Waals surface area contributed by atoms with Crippen LogP contribution < -0.4 is 5.32 Å². The van der Waals surface area contributed by atoms with Crippen molar-refractivity contribution in [3.8, 4) is 0 Å². The second kappa shape index (κ2) is 6.50. The number of hydrogen-bond donors (Lipinski definition) is 2. The molecular weight excluding hydrogens is 281 g/mol. The topological polar surface area (TPSA) is 49.3 Å². The van der Waals surface area contributed by atoms with Gasteiger partial charge in [-0.15, -0.1) is 0 Å². The van der Waals surface area contributed by atoms with E-state index in [4.69, 9.17) is 11.6 Å². The molecule has 0 saturated heterocycles. The van der Waals surface area contributed by atoms with E-state index in [0.29, 0.717) is 5.56 Å². The zero-order valence-corrected chi connectivity index (χ0v) is 11.3. The largest absolute Gasteiger partial charge is 0.387 e. The van der Waals surface area contributed by atoms with Crippen molar-refractivity contribution in [1.82, 2.24) is 5.32 Å². The quantitative estimate of drug-likeness (QED) is 0.910. The van der Waals surface area contributed by atoms with Gasteiger partial charge in [-0.05, 0) is 23.8 Å². The highest BCUT2D eigenvalue weighted by Crippen LogP contribution is 2.16. The Morgan fingerprint density at radius 3 is 2.60 bits per heavy atom. The summed E-state index contributed by atoms with van der Waals surface area (Å²) in [7, 11) is 0. The average molecular weight is 294 g/mol. The Hall–Kier alpha value is -1.91. The van der Waals surface area contributed by atoms with E-state index in [2.05, 4.69) is 5.32 Å². The highest BCUT2D eigenvalue weighted by atomic mass is 35.5. The number of aliphatic hydroxyl groups excluding tert-OH is 1. The fourth-order valence-corrected chi connectivity index (χ4v) is 1.84. The minimum absolute atomic E-state index is 0.0362. The summed E-state index contributed by atoms with van der Waals surface area (Å²) in [4.78, 5) is 11.8. The van der Waals surface area contributed by atoms with E-state index in [1.54, 1.807) is 24.3 Å². The standard InChI is InChI=1S/C15H13ClFNO2/c16-12-7-6-11(8-13(12)17)15(20)18-9-14(19)10-4-2-1-3-5-10/h1-8,14,19H,9H2,(H,18,20). The predicted molar refractivity (Wildman–Crippen MR) is 75.1 cm³/mol. The van der Waals surface area contributed by atoms with Crippen LogP contribution >= 0.6 is 11.6 Å². The highest BCUT2D eigenvalue weighted by molar-refractivity contribution is 6.30. The zero-order valence-electron chi connectivity index (χ0n) is 10.5. The summed E-state index contributed by atoms with van der Waals surface area (Å²) in [5.41, 5.74) is 0.863. The van der Waals surface area contributed by atoms with E-state index in [1.807, 2.05) is 6.07 Å². The number of benzene rings is 2. The third kappa shape index (κ3) is 3.56. The van der Waals surface area contributed by atoms with Crippen molar-refractivity contribution >= 4 is 17.5 Å². The van der Waals surface area contributed by atoms with E-state index >= 15 is 0 Å². The normalized spacial score (nSPS) is 11.9. The van der Waals surface area contributed by atoms with Gasteiger partial charge in [0.05, 0.1) is 11.1 Å². The molecule has 0 radical (unpaired) electrons. The lowest BCUT2D eigenvalue weighted by atomic mass is 10.1. The first kappa shape index (κ1) is 14.5. The molecule has 20 heavy (non-hydrogen) atoms. The van der Waals surface area contributed by atoms with Crippen molar-refractivity contribution in [1.29, 1.82) is 0 Å². The molecule has 0 heterocycles. The van der Waals surface area contributed by atoms with E-state index in [-0.39, 0.29) is 17.1 Å². The lowest BCUT2D eigenvalue weighted by Crippen LogP contribution is -2.28. The maximum Gasteiger partial charge on any atom is 0.251 e. The number of carbonyl (C=O) groups is 1. The molecule has 0 aliphatic heterocycles. The van der Waals surface area contributed by atoms with Crippen LogP contribution in [0.2, 0.25) is 5.02 Å². The van der Waals surface area contributed by atoms with Crippen molar-refractivity contribution in [3.05, 3.63) is 70.5 Å². The van der Waals surface area contributed by atoms with Gasteiger partial charge in [-0.25, -0.2) is 4.39 Å². The van der Waals surface area contributed by atoms with Gasteiger partial charge in [0.25, 0.3) is 5.91 Å². The van der Waals surface area contributed by atoms with Crippen LogP contribution in [0.3, 0.4) is 0 Å². The Balaban J connectivity index is 1.97. The van der Waals surface area contributed by atoms with Crippen molar-refractivity contribution < 1.29 is 14.3 Å². The van der Waals surface area contributed by atoms with E-state index in [1.165, 1.54) is 12.1 Å². The molecule has 0 aliphatic rings. The zero-order chi connectivity index (χ0) is 14.5. The van der Waals surface area contributed by atoms with Gasteiger partial charge in [-0.3, -0.25) is 4.79 Å². The molecule has 1 amide bonds. The van der Waals surface area contributed by atoms with Crippen LogP contribution in [0.25, 0.3) is 0 Å². The van der Waals surface area contributed by atoms with E-state index in [9.17, 15) is 14.3 Å². The summed E-state index contributed by atoms with van der Waals surface area (Å²) in [5.74, 6) is -1.11.